The molecule has 2 heterocycles. The molecular formula is C14H16N2O. The van der Waals surface area contributed by atoms with Gasteiger partial charge in [0, 0.05) is 36.5 Å². The maximum absolute atomic E-state index is 5.36. The predicted molar refractivity (Wildman–Crippen MR) is 69.2 cm³/mol. The van der Waals surface area contributed by atoms with Crippen molar-refractivity contribution in [2.75, 3.05) is 18.5 Å². The van der Waals surface area contributed by atoms with Crippen molar-refractivity contribution in [2.24, 2.45) is 0 Å². The van der Waals surface area contributed by atoms with Crippen LogP contribution in [0.4, 0.5) is 5.69 Å². The van der Waals surface area contributed by atoms with Crippen molar-refractivity contribution in [3.8, 4) is 0 Å². The molecule has 1 aliphatic heterocycles. The van der Waals surface area contributed by atoms with E-state index in [9.17, 15) is 0 Å². The van der Waals surface area contributed by atoms with Crippen molar-refractivity contribution in [1.82, 2.24) is 4.98 Å². The van der Waals surface area contributed by atoms with Gasteiger partial charge in [-0.05, 0) is 37.1 Å². The van der Waals surface area contributed by atoms with Crippen LogP contribution in [0.2, 0.25) is 0 Å². The second kappa shape index (κ2) is 4.72. The molecule has 0 saturated carbocycles. The van der Waals surface area contributed by atoms with Gasteiger partial charge < -0.3 is 10.1 Å². The molecule has 3 nitrogen and oxygen atoms in total. The van der Waals surface area contributed by atoms with Crippen LogP contribution in [-0.4, -0.2) is 24.2 Å². The zero-order valence-electron chi connectivity index (χ0n) is 9.73. The van der Waals surface area contributed by atoms with E-state index < -0.39 is 0 Å². The fraction of sp³-hybridized carbons (Fsp3) is 0.357. The molecule has 3 rings (SSSR count). The third kappa shape index (κ3) is 2.39. The molecule has 1 aromatic heterocycles. The van der Waals surface area contributed by atoms with Gasteiger partial charge in [0.1, 0.15) is 0 Å². The van der Waals surface area contributed by atoms with E-state index in [1.54, 1.807) is 0 Å². The summed E-state index contributed by atoms with van der Waals surface area (Å²) in [7, 11) is 0. The van der Waals surface area contributed by atoms with E-state index in [0.29, 0.717) is 6.04 Å². The van der Waals surface area contributed by atoms with Crippen LogP contribution in [0.1, 0.15) is 12.8 Å². The minimum absolute atomic E-state index is 0.540. The molecule has 0 radical (unpaired) electrons. The average molecular weight is 228 g/mol. The lowest BCUT2D eigenvalue weighted by Gasteiger charge is -2.24. The molecule has 1 fully saturated rings. The van der Waals surface area contributed by atoms with Gasteiger partial charge in [-0.15, -0.1) is 0 Å². The summed E-state index contributed by atoms with van der Waals surface area (Å²) in [5.74, 6) is 0. The summed E-state index contributed by atoms with van der Waals surface area (Å²) < 4.78 is 5.36. The number of ether oxygens (including phenoxy) is 1. The van der Waals surface area contributed by atoms with Crippen molar-refractivity contribution in [3.05, 3.63) is 36.5 Å². The third-order valence-corrected chi connectivity index (χ3v) is 3.20. The largest absolute Gasteiger partial charge is 0.382 e. The number of aromatic nitrogens is 1. The van der Waals surface area contributed by atoms with Gasteiger partial charge >= 0.3 is 0 Å². The molecule has 0 atom stereocenters. The molecule has 0 aliphatic carbocycles. The fourth-order valence-corrected chi connectivity index (χ4v) is 2.24. The van der Waals surface area contributed by atoms with Crippen molar-refractivity contribution >= 4 is 16.6 Å². The minimum Gasteiger partial charge on any atom is -0.382 e. The summed E-state index contributed by atoms with van der Waals surface area (Å²) in [6, 6.07) is 10.9. The number of hydrogen-bond acceptors (Lipinski definition) is 3. The standard InChI is InChI=1S/C14H16N2O/c1-2-11-10-13(3-4-14(11)15-7-1)16-12-5-8-17-9-6-12/h1-4,7,10,12,16H,5-6,8-9H2. The molecule has 0 bridgehead atoms. The van der Waals surface area contributed by atoms with E-state index in [2.05, 4.69) is 34.6 Å². The van der Waals surface area contributed by atoms with Crippen LogP contribution < -0.4 is 5.32 Å². The number of benzene rings is 1. The van der Waals surface area contributed by atoms with Crippen molar-refractivity contribution in [1.29, 1.82) is 0 Å². The van der Waals surface area contributed by atoms with Gasteiger partial charge in [0.2, 0.25) is 0 Å². The smallest absolute Gasteiger partial charge is 0.0703 e. The summed E-state index contributed by atoms with van der Waals surface area (Å²) in [5.41, 5.74) is 2.22. The normalized spacial score (nSPS) is 17.2. The lowest BCUT2D eigenvalue weighted by molar-refractivity contribution is 0.0904. The Bertz CT molecular complexity index is 506. The Hall–Kier alpha value is -1.61. The van der Waals surface area contributed by atoms with Crippen molar-refractivity contribution < 1.29 is 4.74 Å². The van der Waals surface area contributed by atoms with E-state index in [4.69, 9.17) is 4.74 Å². The van der Waals surface area contributed by atoms with Crippen LogP contribution in [-0.2, 0) is 4.74 Å². The highest BCUT2D eigenvalue weighted by molar-refractivity contribution is 5.82. The summed E-state index contributed by atoms with van der Waals surface area (Å²) in [6.45, 7) is 1.74. The van der Waals surface area contributed by atoms with Crippen LogP contribution in [0.25, 0.3) is 10.9 Å². The van der Waals surface area contributed by atoms with Crippen LogP contribution in [0.3, 0.4) is 0 Å². The van der Waals surface area contributed by atoms with Gasteiger partial charge in [-0.2, -0.15) is 0 Å². The molecule has 2 aromatic rings. The Labute approximate surface area is 101 Å². The topological polar surface area (TPSA) is 34.2 Å². The molecule has 88 valence electrons. The second-order valence-electron chi connectivity index (χ2n) is 4.44. The predicted octanol–water partition coefficient (Wildman–Crippen LogP) is 2.83. The molecule has 17 heavy (non-hydrogen) atoms. The lowest BCUT2D eigenvalue weighted by Crippen LogP contribution is -2.27. The van der Waals surface area contributed by atoms with Crippen LogP contribution in [0.15, 0.2) is 36.5 Å². The van der Waals surface area contributed by atoms with E-state index in [0.717, 1.165) is 31.6 Å². The van der Waals surface area contributed by atoms with Gasteiger partial charge in [0.15, 0.2) is 0 Å². The van der Waals surface area contributed by atoms with Gasteiger partial charge in [0.25, 0.3) is 0 Å². The first-order valence-electron chi connectivity index (χ1n) is 6.11. The molecule has 1 saturated heterocycles. The van der Waals surface area contributed by atoms with Gasteiger partial charge in [-0.3, -0.25) is 4.98 Å². The van der Waals surface area contributed by atoms with Gasteiger partial charge in [-0.1, -0.05) is 6.07 Å². The third-order valence-electron chi connectivity index (χ3n) is 3.20. The summed E-state index contributed by atoms with van der Waals surface area (Å²) >= 11 is 0. The molecule has 1 aromatic carbocycles. The number of nitrogens with one attached hydrogen (secondary N) is 1. The molecule has 0 unspecified atom stereocenters. The van der Waals surface area contributed by atoms with E-state index >= 15 is 0 Å². The number of pyridine rings is 1. The summed E-state index contributed by atoms with van der Waals surface area (Å²) in [5, 5.41) is 4.75. The van der Waals surface area contributed by atoms with Gasteiger partial charge in [0.05, 0.1) is 5.52 Å². The van der Waals surface area contributed by atoms with E-state index in [1.165, 1.54) is 11.1 Å². The second-order valence-corrected chi connectivity index (χ2v) is 4.44. The summed E-state index contributed by atoms with van der Waals surface area (Å²) in [6.07, 6.45) is 4.00. The van der Waals surface area contributed by atoms with E-state index in [1.807, 2.05) is 12.3 Å². The Morgan fingerprint density at radius 3 is 2.94 bits per heavy atom. The SMILES string of the molecule is c1cnc2ccc(NC3CCOCC3)cc2c1. The molecule has 0 amide bonds. The Morgan fingerprint density at radius 2 is 2.06 bits per heavy atom. The number of nitrogens with zero attached hydrogens (tertiary/aromatic N) is 1. The molecular weight excluding hydrogens is 212 g/mol. The van der Waals surface area contributed by atoms with Crippen LogP contribution >= 0.6 is 0 Å². The molecule has 1 N–H and O–H groups in total. The molecule has 1 aliphatic rings. The summed E-state index contributed by atoms with van der Waals surface area (Å²) in [4.78, 5) is 4.32. The average Bonchev–Trinajstić information content (AvgIpc) is 2.40. The fourth-order valence-electron chi connectivity index (χ4n) is 2.24. The van der Waals surface area contributed by atoms with Crippen LogP contribution in [0, 0.1) is 0 Å². The quantitative estimate of drug-likeness (QED) is 0.858. The molecule has 0 spiro atoms. The first-order valence-corrected chi connectivity index (χ1v) is 6.11. The van der Waals surface area contributed by atoms with Gasteiger partial charge in [-0.25, -0.2) is 0 Å². The zero-order valence-corrected chi connectivity index (χ0v) is 9.73. The molecule has 3 heteroatoms. The highest BCUT2D eigenvalue weighted by atomic mass is 16.5. The maximum atomic E-state index is 5.36. The number of anilines is 1. The number of hydrogen-bond donors (Lipinski definition) is 1. The van der Waals surface area contributed by atoms with E-state index in [-0.39, 0.29) is 0 Å². The minimum atomic E-state index is 0.540. The van der Waals surface area contributed by atoms with Crippen molar-refractivity contribution in [2.45, 2.75) is 18.9 Å². The first-order chi connectivity index (χ1) is 8.42. The van der Waals surface area contributed by atoms with Crippen LogP contribution in [0.5, 0.6) is 0 Å². The number of fused-ring (bicyclic) bond motifs is 1. The Balaban J connectivity index is 1.80. The lowest BCUT2D eigenvalue weighted by atomic mass is 10.1. The highest BCUT2D eigenvalue weighted by Crippen LogP contribution is 2.20. The number of rotatable bonds is 2. The highest BCUT2D eigenvalue weighted by Gasteiger charge is 2.13. The Morgan fingerprint density at radius 1 is 1.18 bits per heavy atom. The zero-order chi connectivity index (χ0) is 11.5. The van der Waals surface area contributed by atoms with Crippen molar-refractivity contribution in [3.63, 3.8) is 0 Å². The maximum Gasteiger partial charge on any atom is 0.0703 e. The monoisotopic (exact) mass is 228 g/mol. The Kier molecular flexibility index (Phi) is 2.92. The first kappa shape index (κ1) is 10.5.